The lowest BCUT2D eigenvalue weighted by molar-refractivity contribution is 0.174. The number of aromatic amines is 1. The van der Waals surface area contributed by atoms with Gasteiger partial charge in [-0.05, 0) is 36.8 Å². The first-order chi connectivity index (χ1) is 14.7. The van der Waals surface area contributed by atoms with Gasteiger partial charge in [0.15, 0.2) is 28.1 Å². The zero-order valence-corrected chi connectivity index (χ0v) is 16.9. The van der Waals surface area contributed by atoms with Crippen molar-refractivity contribution in [2.45, 2.75) is 12.1 Å². The number of rotatable bonds is 6. The molecule has 0 saturated heterocycles. The predicted molar refractivity (Wildman–Crippen MR) is 113 cm³/mol. The summed E-state index contributed by atoms with van der Waals surface area (Å²) in [5.41, 5.74) is 2.15. The molecule has 1 aliphatic rings. The standard InChI is InChI=1S/C21H18N4O4S/c1-13-4-2-3-5-15(13)27-8-9-30-21-23-20(22-18-11-19(26)24-25(18)21)14-6-7-16-17(10-14)29-12-28-16/h2-7,10-11H,8-9,12H2,1H3,(H,24,26). The van der Waals surface area contributed by atoms with Gasteiger partial charge in [0.25, 0.3) is 5.56 Å². The maximum Gasteiger partial charge on any atom is 0.266 e. The predicted octanol–water partition coefficient (Wildman–Crippen LogP) is 3.29. The lowest BCUT2D eigenvalue weighted by Crippen LogP contribution is -2.07. The fraction of sp³-hybridized carbons (Fsp3) is 0.190. The van der Waals surface area contributed by atoms with E-state index in [1.165, 1.54) is 17.8 Å². The molecule has 9 heteroatoms. The molecule has 0 atom stereocenters. The Morgan fingerprint density at radius 3 is 2.90 bits per heavy atom. The van der Waals surface area contributed by atoms with Crippen LogP contribution in [0.1, 0.15) is 5.56 Å². The molecule has 0 saturated carbocycles. The summed E-state index contributed by atoms with van der Waals surface area (Å²) in [6.07, 6.45) is 0. The van der Waals surface area contributed by atoms with Crippen molar-refractivity contribution in [2.24, 2.45) is 0 Å². The third-order valence-electron chi connectivity index (χ3n) is 4.62. The lowest BCUT2D eigenvalue weighted by atomic mass is 10.2. The van der Waals surface area contributed by atoms with Crippen LogP contribution in [0.25, 0.3) is 17.0 Å². The van der Waals surface area contributed by atoms with E-state index in [1.807, 2.05) is 49.4 Å². The van der Waals surface area contributed by atoms with Crippen LogP contribution in [0.4, 0.5) is 0 Å². The van der Waals surface area contributed by atoms with Gasteiger partial charge in [-0.1, -0.05) is 30.0 Å². The normalized spacial score (nSPS) is 12.4. The van der Waals surface area contributed by atoms with Gasteiger partial charge in [-0.15, -0.1) is 0 Å². The number of fused-ring (bicyclic) bond motifs is 2. The van der Waals surface area contributed by atoms with Crippen LogP contribution in [-0.2, 0) is 0 Å². The monoisotopic (exact) mass is 422 g/mol. The number of H-pyrrole nitrogens is 1. The third kappa shape index (κ3) is 3.59. The Bertz CT molecular complexity index is 1280. The highest BCUT2D eigenvalue weighted by atomic mass is 32.2. The van der Waals surface area contributed by atoms with Crippen LogP contribution in [0.3, 0.4) is 0 Å². The fourth-order valence-electron chi connectivity index (χ4n) is 3.15. The molecule has 0 spiro atoms. The van der Waals surface area contributed by atoms with E-state index in [-0.39, 0.29) is 12.4 Å². The summed E-state index contributed by atoms with van der Waals surface area (Å²) in [4.78, 5) is 21.1. The molecule has 0 bridgehead atoms. The summed E-state index contributed by atoms with van der Waals surface area (Å²) >= 11 is 1.48. The molecule has 0 unspecified atom stereocenters. The molecule has 4 aromatic rings. The van der Waals surface area contributed by atoms with E-state index in [4.69, 9.17) is 14.2 Å². The van der Waals surface area contributed by atoms with Crippen molar-refractivity contribution >= 4 is 17.4 Å². The van der Waals surface area contributed by atoms with Crippen molar-refractivity contribution in [3.05, 3.63) is 64.4 Å². The highest BCUT2D eigenvalue weighted by Gasteiger charge is 2.17. The van der Waals surface area contributed by atoms with Crippen LogP contribution in [0.2, 0.25) is 0 Å². The molecule has 1 N–H and O–H groups in total. The van der Waals surface area contributed by atoms with Crippen LogP contribution < -0.4 is 19.8 Å². The SMILES string of the molecule is Cc1ccccc1OCCSc1nc(-c2ccc3c(c2)OCO3)nc2cc(=O)[nH]n12. The Labute approximate surface area is 175 Å². The van der Waals surface area contributed by atoms with E-state index in [9.17, 15) is 4.79 Å². The van der Waals surface area contributed by atoms with Gasteiger partial charge in [-0.3, -0.25) is 9.89 Å². The maximum atomic E-state index is 11.9. The third-order valence-corrected chi connectivity index (χ3v) is 5.52. The highest BCUT2D eigenvalue weighted by Crippen LogP contribution is 2.35. The summed E-state index contributed by atoms with van der Waals surface area (Å²) in [5, 5.41) is 3.37. The van der Waals surface area contributed by atoms with Crippen molar-refractivity contribution in [1.82, 2.24) is 19.6 Å². The molecule has 5 rings (SSSR count). The highest BCUT2D eigenvalue weighted by molar-refractivity contribution is 7.99. The molecule has 2 aromatic carbocycles. The summed E-state index contributed by atoms with van der Waals surface area (Å²) in [7, 11) is 0. The minimum atomic E-state index is -0.231. The van der Waals surface area contributed by atoms with E-state index in [0.717, 1.165) is 16.9 Å². The quantitative estimate of drug-likeness (QED) is 0.377. The molecule has 8 nitrogen and oxygen atoms in total. The molecular formula is C21H18N4O4S. The number of aryl methyl sites for hydroxylation is 1. The van der Waals surface area contributed by atoms with Gasteiger partial charge in [0, 0.05) is 17.4 Å². The number of benzene rings is 2. The Hall–Kier alpha value is -3.46. The van der Waals surface area contributed by atoms with E-state index in [1.54, 1.807) is 4.52 Å². The Kier molecular flexibility index (Phi) is 4.80. The molecule has 30 heavy (non-hydrogen) atoms. The second kappa shape index (κ2) is 7.75. The van der Waals surface area contributed by atoms with E-state index in [2.05, 4.69) is 15.1 Å². The van der Waals surface area contributed by atoms with Gasteiger partial charge in [-0.25, -0.2) is 14.5 Å². The number of para-hydroxylation sites is 1. The number of nitrogens with zero attached hydrogens (tertiary/aromatic N) is 3. The molecule has 1 aliphatic heterocycles. The number of ether oxygens (including phenoxy) is 3. The van der Waals surface area contributed by atoms with E-state index in [0.29, 0.717) is 40.5 Å². The zero-order chi connectivity index (χ0) is 20.5. The van der Waals surface area contributed by atoms with Gasteiger partial charge < -0.3 is 14.2 Å². The van der Waals surface area contributed by atoms with Gasteiger partial charge >= 0.3 is 0 Å². The molecule has 0 fully saturated rings. The minimum absolute atomic E-state index is 0.202. The van der Waals surface area contributed by atoms with Gasteiger partial charge in [0.05, 0.1) is 6.61 Å². The van der Waals surface area contributed by atoms with Crippen LogP contribution in [0, 0.1) is 6.92 Å². The van der Waals surface area contributed by atoms with Gasteiger partial charge in [0.2, 0.25) is 6.79 Å². The number of hydrogen-bond acceptors (Lipinski definition) is 7. The first kappa shape index (κ1) is 18.6. The Balaban J connectivity index is 1.40. The number of thioether (sulfide) groups is 1. The van der Waals surface area contributed by atoms with E-state index < -0.39 is 0 Å². The van der Waals surface area contributed by atoms with Crippen LogP contribution in [-0.4, -0.2) is 38.7 Å². The Morgan fingerprint density at radius 2 is 2.00 bits per heavy atom. The lowest BCUT2D eigenvalue weighted by Gasteiger charge is -2.10. The van der Waals surface area contributed by atoms with Crippen LogP contribution >= 0.6 is 11.8 Å². The maximum absolute atomic E-state index is 11.9. The Morgan fingerprint density at radius 1 is 1.13 bits per heavy atom. The molecule has 0 aliphatic carbocycles. The number of hydrogen-bond donors (Lipinski definition) is 1. The van der Waals surface area contributed by atoms with Crippen molar-refractivity contribution in [3.8, 4) is 28.6 Å². The van der Waals surface area contributed by atoms with Gasteiger partial charge in [-0.2, -0.15) is 0 Å². The van der Waals surface area contributed by atoms with Crippen molar-refractivity contribution < 1.29 is 14.2 Å². The number of aromatic nitrogens is 4. The number of nitrogens with one attached hydrogen (secondary N) is 1. The second-order valence-electron chi connectivity index (χ2n) is 6.67. The molecule has 0 amide bonds. The fourth-order valence-corrected chi connectivity index (χ4v) is 3.92. The van der Waals surface area contributed by atoms with Crippen LogP contribution in [0.5, 0.6) is 17.2 Å². The van der Waals surface area contributed by atoms with Crippen molar-refractivity contribution in [1.29, 1.82) is 0 Å². The van der Waals surface area contributed by atoms with Crippen LogP contribution in [0.15, 0.2) is 58.5 Å². The summed E-state index contributed by atoms with van der Waals surface area (Å²) in [6.45, 7) is 2.72. The summed E-state index contributed by atoms with van der Waals surface area (Å²) in [6, 6.07) is 14.9. The molecule has 3 heterocycles. The average molecular weight is 422 g/mol. The smallest absolute Gasteiger partial charge is 0.266 e. The molecular weight excluding hydrogens is 404 g/mol. The topological polar surface area (TPSA) is 90.7 Å². The van der Waals surface area contributed by atoms with Crippen molar-refractivity contribution in [3.63, 3.8) is 0 Å². The largest absolute Gasteiger partial charge is 0.492 e. The molecule has 152 valence electrons. The molecule has 0 radical (unpaired) electrons. The average Bonchev–Trinajstić information content (AvgIpc) is 3.37. The van der Waals surface area contributed by atoms with Crippen molar-refractivity contribution in [2.75, 3.05) is 19.2 Å². The molecule has 2 aromatic heterocycles. The summed E-state index contributed by atoms with van der Waals surface area (Å²) < 4.78 is 18.3. The zero-order valence-electron chi connectivity index (χ0n) is 16.1. The second-order valence-corrected chi connectivity index (χ2v) is 7.74. The van der Waals surface area contributed by atoms with E-state index >= 15 is 0 Å². The first-order valence-corrected chi connectivity index (χ1v) is 10.4. The van der Waals surface area contributed by atoms with Gasteiger partial charge in [0.1, 0.15) is 5.75 Å². The summed E-state index contributed by atoms with van der Waals surface area (Å²) in [5.74, 6) is 3.38. The minimum Gasteiger partial charge on any atom is -0.492 e. The first-order valence-electron chi connectivity index (χ1n) is 9.38.